The number of likely N-dealkylation sites (tertiary alicyclic amines) is 1. The molecule has 0 N–H and O–H groups in total. The van der Waals surface area contributed by atoms with Crippen molar-refractivity contribution in [2.24, 2.45) is 11.8 Å². The minimum Gasteiger partial charge on any atom is -0.450 e. The van der Waals surface area contributed by atoms with Crippen LogP contribution >= 0.6 is 0 Å². The summed E-state index contributed by atoms with van der Waals surface area (Å²) in [6.07, 6.45) is 6.28. The summed E-state index contributed by atoms with van der Waals surface area (Å²) in [5, 5.41) is 0. The molecular weight excluding hydrogens is 280 g/mol. The van der Waals surface area contributed by atoms with Crippen molar-refractivity contribution in [3.8, 4) is 0 Å². The second-order valence-electron chi connectivity index (χ2n) is 6.76. The number of piperidine rings is 1. The fourth-order valence-electron chi connectivity index (χ4n) is 3.88. The molecule has 1 saturated heterocycles. The third-order valence-electron chi connectivity index (χ3n) is 5.21. The van der Waals surface area contributed by atoms with Crippen LogP contribution in [-0.2, 0) is 9.53 Å². The van der Waals surface area contributed by atoms with Gasteiger partial charge in [-0.2, -0.15) is 0 Å². The molecule has 2 rings (SSSR count). The smallest absolute Gasteiger partial charge is 0.409 e. The van der Waals surface area contributed by atoms with E-state index in [-0.39, 0.29) is 17.9 Å². The van der Waals surface area contributed by atoms with E-state index in [2.05, 4.69) is 6.92 Å². The molecule has 0 aromatic heterocycles. The molecule has 0 spiro atoms. The van der Waals surface area contributed by atoms with Crippen molar-refractivity contribution < 1.29 is 14.3 Å². The number of rotatable bonds is 3. The predicted octanol–water partition coefficient (Wildman–Crippen LogP) is 2.89. The summed E-state index contributed by atoms with van der Waals surface area (Å²) in [5.41, 5.74) is 0. The van der Waals surface area contributed by atoms with Crippen LogP contribution in [0.5, 0.6) is 0 Å². The monoisotopic (exact) mass is 310 g/mol. The van der Waals surface area contributed by atoms with Crippen molar-refractivity contribution in [1.82, 2.24) is 9.80 Å². The van der Waals surface area contributed by atoms with Gasteiger partial charge in [-0.15, -0.1) is 0 Å². The zero-order valence-electron chi connectivity index (χ0n) is 14.2. The molecule has 126 valence electrons. The van der Waals surface area contributed by atoms with Gasteiger partial charge in [-0.25, -0.2) is 4.79 Å². The Hall–Kier alpha value is -1.26. The summed E-state index contributed by atoms with van der Waals surface area (Å²) >= 11 is 0. The molecule has 0 radical (unpaired) electrons. The van der Waals surface area contributed by atoms with Crippen LogP contribution in [0.3, 0.4) is 0 Å². The fourth-order valence-corrected chi connectivity index (χ4v) is 3.88. The molecular formula is C17H30N2O3. The average molecular weight is 310 g/mol. The van der Waals surface area contributed by atoms with E-state index in [1.54, 1.807) is 4.90 Å². The summed E-state index contributed by atoms with van der Waals surface area (Å²) in [7, 11) is 1.94. The zero-order chi connectivity index (χ0) is 16.1. The maximum Gasteiger partial charge on any atom is 0.409 e. The van der Waals surface area contributed by atoms with E-state index in [9.17, 15) is 9.59 Å². The Morgan fingerprint density at radius 2 is 1.91 bits per heavy atom. The number of ether oxygens (including phenoxy) is 1. The van der Waals surface area contributed by atoms with Gasteiger partial charge in [0.2, 0.25) is 5.91 Å². The van der Waals surface area contributed by atoms with Gasteiger partial charge in [-0.05, 0) is 38.5 Å². The Morgan fingerprint density at radius 1 is 1.18 bits per heavy atom. The first-order valence-corrected chi connectivity index (χ1v) is 8.73. The van der Waals surface area contributed by atoms with Crippen molar-refractivity contribution >= 4 is 12.0 Å². The lowest BCUT2D eigenvalue weighted by Gasteiger charge is -2.39. The molecule has 2 fully saturated rings. The molecule has 1 aliphatic carbocycles. The largest absolute Gasteiger partial charge is 0.450 e. The highest BCUT2D eigenvalue weighted by atomic mass is 16.6. The molecule has 3 unspecified atom stereocenters. The first-order chi connectivity index (χ1) is 10.5. The van der Waals surface area contributed by atoms with Gasteiger partial charge < -0.3 is 14.5 Å². The van der Waals surface area contributed by atoms with Gasteiger partial charge in [-0.1, -0.05) is 19.8 Å². The molecule has 1 aliphatic heterocycles. The van der Waals surface area contributed by atoms with E-state index in [1.165, 1.54) is 19.3 Å². The number of carbonyl (C=O) groups is 2. The van der Waals surface area contributed by atoms with E-state index in [4.69, 9.17) is 4.74 Å². The normalized spacial score (nSPS) is 29.0. The standard InChI is InChI=1S/C17H30N2O3/c1-4-22-17(21)19-11-7-9-14(12-19)16(20)18(3)15-10-6-5-8-13(15)2/h13-15H,4-12H2,1-3H3. The second-order valence-corrected chi connectivity index (χ2v) is 6.76. The third kappa shape index (κ3) is 3.93. The quantitative estimate of drug-likeness (QED) is 0.805. The molecule has 5 heteroatoms. The van der Waals surface area contributed by atoms with Gasteiger partial charge in [0, 0.05) is 26.2 Å². The van der Waals surface area contributed by atoms with Crippen molar-refractivity contribution in [3.63, 3.8) is 0 Å². The molecule has 0 aromatic rings. The Balaban J connectivity index is 1.94. The van der Waals surface area contributed by atoms with Gasteiger partial charge in [0.15, 0.2) is 0 Å². The number of nitrogens with zero attached hydrogens (tertiary/aromatic N) is 2. The Morgan fingerprint density at radius 3 is 2.59 bits per heavy atom. The maximum atomic E-state index is 12.8. The minimum absolute atomic E-state index is 0.0720. The van der Waals surface area contributed by atoms with E-state index >= 15 is 0 Å². The number of hydrogen-bond acceptors (Lipinski definition) is 3. The Bertz CT molecular complexity index is 399. The Kier molecular flexibility index (Phi) is 6.09. The zero-order valence-corrected chi connectivity index (χ0v) is 14.2. The van der Waals surface area contributed by atoms with Crippen LogP contribution < -0.4 is 0 Å². The lowest BCUT2D eigenvalue weighted by Crippen LogP contribution is -2.50. The van der Waals surface area contributed by atoms with Crippen molar-refractivity contribution in [1.29, 1.82) is 0 Å². The lowest BCUT2D eigenvalue weighted by atomic mass is 9.84. The number of amides is 2. The summed E-state index contributed by atoms with van der Waals surface area (Å²) < 4.78 is 5.07. The SMILES string of the molecule is CCOC(=O)N1CCCC(C(=O)N(C)C2CCCCC2C)C1. The average Bonchev–Trinajstić information content (AvgIpc) is 2.54. The highest BCUT2D eigenvalue weighted by Crippen LogP contribution is 2.29. The van der Waals surface area contributed by atoms with Crippen LogP contribution in [0, 0.1) is 11.8 Å². The Labute approximate surface area is 134 Å². The lowest BCUT2D eigenvalue weighted by molar-refractivity contribution is -0.139. The van der Waals surface area contributed by atoms with Gasteiger partial charge in [-0.3, -0.25) is 4.79 Å². The highest BCUT2D eigenvalue weighted by molar-refractivity contribution is 5.80. The van der Waals surface area contributed by atoms with Crippen LogP contribution in [0.1, 0.15) is 52.4 Å². The van der Waals surface area contributed by atoms with Crippen LogP contribution in [0.15, 0.2) is 0 Å². The van der Waals surface area contributed by atoms with E-state index in [1.807, 2.05) is 18.9 Å². The van der Waals surface area contributed by atoms with Gasteiger partial charge in [0.05, 0.1) is 12.5 Å². The van der Waals surface area contributed by atoms with E-state index in [0.29, 0.717) is 31.7 Å². The van der Waals surface area contributed by atoms with Crippen molar-refractivity contribution in [2.45, 2.75) is 58.4 Å². The van der Waals surface area contributed by atoms with Gasteiger partial charge in [0.1, 0.15) is 0 Å². The van der Waals surface area contributed by atoms with E-state index < -0.39 is 0 Å². The molecule has 1 saturated carbocycles. The summed E-state index contributed by atoms with van der Waals surface area (Å²) in [6, 6.07) is 0.360. The predicted molar refractivity (Wildman–Crippen MR) is 85.5 cm³/mol. The highest BCUT2D eigenvalue weighted by Gasteiger charge is 2.34. The summed E-state index contributed by atoms with van der Waals surface area (Å²) in [5.74, 6) is 0.706. The number of hydrogen-bond donors (Lipinski definition) is 0. The molecule has 5 nitrogen and oxygen atoms in total. The van der Waals surface area contributed by atoms with E-state index in [0.717, 1.165) is 19.3 Å². The van der Waals surface area contributed by atoms with Crippen LogP contribution in [0.2, 0.25) is 0 Å². The summed E-state index contributed by atoms with van der Waals surface area (Å²) in [6.45, 7) is 5.64. The van der Waals surface area contributed by atoms with Crippen LogP contribution in [0.25, 0.3) is 0 Å². The van der Waals surface area contributed by atoms with Crippen molar-refractivity contribution in [2.75, 3.05) is 26.7 Å². The molecule has 2 amide bonds. The first kappa shape index (κ1) is 17.1. The molecule has 2 aliphatic rings. The third-order valence-corrected chi connectivity index (χ3v) is 5.21. The van der Waals surface area contributed by atoms with Crippen LogP contribution in [-0.4, -0.2) is 54.6 Å². The molecule has 1 heterocycles. The molecule has 0 bridgehead atoms. The van der Waals surface area contributed by atoms with Crippen molar-refractivity contribution in [3.05, 3.63) is 0 Å². The summed E-state index contributed by atoms with van der Waals surface area (Å²) in [4.78, 5) is 28.3. The first-order valence-electron chi connectivity index (χ1n) is 8.73. The van der Waals surface area contributed by atoms with Crippen LogP contribution in [0.4, 0.5) is 4.79 Å². The number of carbonyl (C=O) groups excluding carboxylic acids is 2. The maximum absolute atomic E-state index is 12.8. The van der Waals surface area contributed by atoms with Gasteiger partial charge in [0.25, 0.3) is 0 Å². The molecule has 0 aromatic carbocycles. The molecule has 22 heavy (non-hydrogen) atoms. The topological polar surface area (TPSA) is 49.9 Å². The minimum atomic E-state index is -0.284. The molecule has 3 atom stereocenters. The second kappa shape index (κ2) is 7.84. The fraction of sp³-hybridized carbons (Fsp3) is 0.882. The van der Waals surface area contributed by atoms with Gasteiger partial charge >= 0.3 is 6.09 Å².